The molecule has 0 radical (unpaired) electrons. The molecule has 0 saturated heterocycles. The first kappa shape index (κ1) is 14.1. The molecule has 1 aromatic rings. The van der Waals surface area contributed by atoms with Crippen molar-refractivity contribution in [3.63, 3.8) is 0 Å². The molecule has 0 aliphatic heterocycles. The van der Waals surface area contributed by atoms with Gasteiger partial charge in [0.1, 0.15) is 5.82 Å². The first-order valence-electron chi connectivity index (χ1n) is 5.40. The van der Waals surface area contributed by atoms with Gasteiger partial charge in [0.05, 0.1) is 16.1 Å². The van der Waals surface area contributed by atoms with Crippen LogP contribution >= 0.6 is 15.9 Å². The number of hydrogen-bond acceptors (Lipinski definition) is 2. The molecule has 0 bridgehead atoms. The molecule has 5 heteroatoms. The van der Waals surface area contributed by atoms with Crippen molar-refractivity contribution < 1.29 is 13.9 Å². The first-order chi connectivity index (χ1) is 8.06. The average molecular weight is 304 g/mol. The molecule has 3 nitrogen and oxygen atoms in total. The second-order valence-corrected chi connectivity index (χ2v) is 4.37. The van der Waals surface area contributed by atoms with E-state index in [0.29, 0.717) is 13.2 Å². The highest BCUT2D eigenvalue weighted by molar-refractivity contribution is 9.10. The first-order valence-corrected chi connectivity index (χ1v) is 6.19. The Hall–Kier alpha value is -0.940. The number of rotatable bonds is 5. The van der Waals surface area contributed by atoms with Gasteiger partial charge in [0, 0.05) is 13.2 Å². The van der Waals surface area contributed by atoms with Gasteiger partial charge in [0.25, 0.3) is 5.91 Å². The third-order valence-electron chi connectivity index (χ3n) is 2.20. The molecule has 0 heterocycles. The molecule has 1 atom stereocenters. The lowest BCUT2D eigenvalue weighted by atomic mass is 10.2. The number of nitrogens with one attached hydrogen (secondary N) is 1. The van der Waals surface area contributed by atoms with Crippen molar-refractivity contribution in [3.8, 4) is 0 Å². The summed E-state index contributed by atoms with van der Waals surface area (Å²) in [5.74, 6) is -0.765. The van der Waals surface area contributed by atoms with E-state index in [0.717, 1.165) is 0 Å². The highest BCUT2D eigenvalue weighted by Crippen LogP contribution is 2.20. The van der Waals surface area contributed by atoms with E-state index in [2.05, 4.69) is 21.2 Å². The maximum Gasteiger partial charge on any atom is 0.252 e. The third kappa shape index (κ3) is 4.09. The van der Waals surface area contributed by atoms with Crippen molar-refractivity contribution in [1.29, 1.82) is 0 Å². The summed E-state index contributed by atoms with van der Waals surface area (Å²) in [5, 5.41) is 2.69. The van der Waals surface area contributed by atoms with Crippen molar-refractivity contribution in [2.24, 2.45) is 0 Å². The number of carbonyl (C=O) groups is 1. The Morgan fingerprint density at radius 1 is 1.59 bits per heavy atom. The molecule has 1 N–H and O–H groups in total. The Kier molecular flexibility index (Phi) is 5.58. The lowest BCUT2D eigenvalue weighted by molar-refractivity contribution is 0.0694. The van der Waals surface area contributed by atoms with Crippen LogP contribution in [0, 0.1) is 5.82 Å². The standard InChI is InChI=1S/C12H15BrFNO2/c1-3-17-8(2)7-15-12(16)9-5-4-6-10(14)11(9)13/h4-6,8H,3,7H2,1-2H3,(H,15,16). The molecule has 0 aliphatic rings. The Morgan fingerprint density at radius 2 is 2.29 bits per heavy atom. The van der Waals surface area contributed by atoms with Crippen LogP contribution in [0.1, 0.15) is 24.2 Å². The van der Waals surface area contributed by atoms with Crippen LogP contribution in [0.2, 0.25) is 0 Å². The molecule has 1 rings (SSSR count). The summed E-state index contributed by atoms with van der Waals surface area (Å²) in [6.45, 7) is 4.75. The van der Waals surface area contributed by atoms with Crippen LogP contribution in [-0.2, 0) is 4.74 Å². The summed E-state index contributed by atoms with van der Waals surface area (Å²) in [6, 6.07) is 4.36. The second-order valence-electron chi connectivity index (χ2n) is 3.58. The molecule has 1 unspecified atom stereocenters. The molecule has 1 aromatic carbocycles. The number of carbonyl (C=O) groups excluding carboxylic acids is 1. The summed E-state index contributed by atoms with van der Waals surface area (Å²) >= 11 is 3.05. The minimum atomic E-state index is -0.449. The van der Waals surface area contributed by atoms with Crippen molar-refractivity contribution in [1.82, 2.24) is 5.32 Å². The van der Waals surface area contributed by atoms with Crippen molar-refractivity contribution in [3.05, 3.63) is 34.1 Å². The molecule has 0 fully saturated rings. The second kappa shape index (κ2) is 6.71. The van der Waals surface area contributed by atoms with Gasteiger partial charge in [0.15, 0.2) is 0 Å². The summed E-state index contributed by atoms with van der Waals surface area (Å²) in [4.78, 5) is 11.8. The Bertz CT molecular complexity index is 398. The average Bonchev–Trinajstić information content (AvgIpc) is 2.30. The minimum Gasteiger partial charge on any atom is -0.377 e. The SMILES string of the molecule is CCOC(C)CNC(=O)c1cccc(F)c1Br. The van der Waals surface area contributed by atoms with E-state index in [1.54, 1.807) is 6.07 Å². The van der Waals surface area contributed by atoms with Gasteiger partial charge in [-0.2, -0.15) is 0 Å². The number of ether oxygens (including phenoxy) is 1. The van der Waals surface area contributed by atoms with Gasteiger partial charge in [-0.3, -0.25) is 4.79 Å². The molecule has 0 spiro atoms. The van der Waals surface area contributed by atoms with E-state index < -0.39 is 5.82 Å². The van der Waals surface area contributed by atoms with Gasteiger partial charge in [0.2, 0.25) is 0 Å². The highest BCUT2D eigenvalue weighted by Gasteiger charge is 2.13. The van der Waals surface area contributed by atoms with Crippen LogP contribution in [0.4, 0.5) is 4.39 Å². The van der Waals surface area contributed by atoms with Crippen LogP contribution < -0.4 is 5.32 Å². The minimum absolute atomic E-state index is 0.0590. The van der Waals surface area contributed by atoms with Gasteiger partial charge in [-0.05, 0) is 41.9 Å². The Labute approximate surface area is 108 Å². The lowest BCUT2D eigenvalue weighted by Crippen LogP contribution is -2.32. The van der Waals surface area contributed by atoms with Crippen molar-refractivity contribution in [2.45, 2.75) is 20.0 Å². The third-order valence-corrected chi connectivity index (χ3v) is 3.00. The maximum absolute atomic E-state index is 13.2. The highest BCUT2D eigenvalue weighted by atomic mass is 79.9. The smallest absolute Gasteiger partial charge is 0.252 e. The summed E-state index contributed by atoms with van der Waals surface area (Å²) < 4.78 is 18.7. The van der Waals surface area contributed by atoms with Crippen LogP contribution in [0.3, 0.4) is 0 Å². The van der Waals surface area contributed by atoms with E-state index in [9.17, 15) is 9.18 Å². The molecule has 0 saturated carbocycles. The molecule has 17 heavy (non-hydrogen) atoms. The lowest BCUT2D eigenvalue weighted by Gasteiger charge is -2.13. The van der Waals surface area contributed by atoms with Crippen LogP contribution in [0.15, 0.2) is 22.7 Å². The van der Waals surface area contributed by atoms with Gasteiger partial charge in [-0.15, -0.1) is 0 Å². The van der Waals surface area contributed by atoms with Gasteiger partial charge < -0.3 is 10.1 Å². The monoisotopic (exact) mass is 303 g/mol. The van der Waals surface area contributed by atoms with Crippen LogP contribution in [-0.4, -0.2) is 25.2 Å². The maximum atomic E-state index is 13.2. The zero-order valence-electron chi connectivity index (χ0n) is 9.80. The Balaban J connectivity index is 2.61. The molecule has 0 aromatic heterocycles. The summed E-state index contributed by atoms with van der Waals surface area (Å²) in [6.07, 6.45) is -0.0590. The predicted molar refractivity (Wildman–Crippen MR) is 67.5 cm³/mol. The van der Waals surface area contributed by atoms with Crippen molar-refractivity contribution in [2.75, 3.05) is 13.2 Å². The largest absolute Gasteiger partial charge is 0.377 e. The molecule has 0 aliphatic carbocycles. The summed E-state index contributed by atoms with van der Waals surface area (Å²) in [5.41, 5.74) is 0.286. The van der Waals surface area contributed by atoms with Gasteiger partial charge in [-0.1, -0.05) is 6.07 Å². The van der Waals surface area contributed by atoms with Crippen molar-refractivity contribution >= 4 is 21.8 Å². The normalized spacial score (nSPS) is 12.2. The molecular formula is C12H15BrFNO2. The van der Waals surface area contributed by atoms with E-state index in [1.807, 2.05) is 13.8 Å². The fraction of sp³-hybridized carbons (Fsp3) is 0.417. The van der Waals surface area contributed by atoms with Gasteiger partial charge in [-0.25, -0.2) is 4.39 Å². The number of halogens is 2. The summed E-state index contributed by atoms with van der Waals surface area (Å²) in [7, 11) is 0. The van der Waals surface area contributed by atoms with E-state index in [4.69, 9.17) is 4.74 Å². The fourth-order valence-corrected chi connectivity index (χ4v) is 1.80. The van der Waals surface area contributed by atoms with Crippen LogP contribution in [0.25, 0.3) is 0 Å². The molecule has 1 amide bonds. The number of hydrogen-bond donors (Lipinski definition) is 1. The number of benzene rings is 1. The molecule has 94 valence electrons. The van der Waals surface area contributed by atoms with Crippen LogP contribution in [0.5, 0.6) is 0 Å². The zero-order chi connectivity index (χ0) is 12.8. The topological polar surface area (TPSA) is 38.3 Å². The van der Waals surface area contributed by atoms with Gasteiger partial charge >= 0.3 is 0 Å². The molecular weight excluding hydrogens is 289 g/mol. The predicted octanol–water partition coefficient (Wildman–Crippen LogP) is 2.74. The number of amides is 1. The zero-order valence-corrected chi connectivity index (χ0v) is 11.4. The van der Waals surface area contributed by atoms with E-state index in [1.165, 1.54) is 12.1 Å². The quantitative estimate of drug-likeness (QED) is 0.908. The van der Waals surface area contributed by atoms with E-state index >= 15 is 0 Å². The Morgan fingerprint density at radius 3 is 2.94 bits per heavy atom. The fourth-order valence-electron chi connectivity index (χ4n) is 1.35. The van der Waals surface area contributed by atoms with E-state index in [-0.39, 0.29) is 22.0 Å².